The van der Waals surface area contributed by atoms with E-state index in [1.807, 2.05) is 49.4 Å². The molecule has 1 aliphatic carbocycles. The summed E-state index contributed by atoms with van der Waals surface area (Å²) in [6.45, 7) is 2.47. The molecule has 1 aliphatic rings. The second kappa shape index (κ2) is 7.86. The van der Waals surface area contributed by atoms with E-state index in [1.165, 1.54) is 0 Å². The fourth-order valence-corrected chi connectivity index (χ4v) is 2.77. The van der Waals surface area contributed by atoms with Gasteiger partial charge in [-0.1, -0.05) is 42.5 Å². The maximum Gasteiger partial charge on any atom is 0.258 e. The van der Waals surface area contributed by atoms with E-state index in [1.54, 1.807) is 0 Å². The Labute approximate surface area is 142 Å². The van der Waals surface area contributed by atoms with Gasteiger partial charge in [0.05, 0.1) is 12.6 Å². The third-order valence-electron chi connectivity index (χ3n) is 4.08. The molecule has 0 heterocycles. The molecule has 1 unspecified atom stereocenters. The first-order valence-electron chi connectivity index (χ1n) is 8.47. The van der Waals surface area contributed by atoms with Crippen LogP contribution in [0.5, 0.6) is 11.5 Å². The normalized spacial score (nSPS) is 14.7. The van der Waals surface area contributed by atoms with Gasteiger partial charge in [-0.25, -0.2) is 0 Å². The van der Waals surface area contributed by atoms with Gasteiger partial charge < -0.3 is 14.8 Å². The highest BCUT2D eigenvalue weighted by molar-refractivity contribution is 5.78. The quantitative estimate of drug-likeness (QED) is 0.804. The molecule has 126 valence electrons. The van der Waals surface area contributed by atoms with Crippen LogP contribution in [0.4, 0.5) is 0 Å². The number of benzene rings is 2. The van der Waals surface area contributed by atoms with Crippen LogP contribution in [0, 0.1) is 5.92 Å². The van der Waals surface area contributed by atoms with Crippen LogP contribution in [0.1, 0.15) is 31.4 Å². The van der Waals surface area contributed by atoms with E-state index in [4.69, 9.17) is 9.47 Å². The molecule has 0 aromatic heterocycles. The Balaban J connectivity index is 1.59. The number of para-hydroxylation sites is 2. The average Bonchev–Trinajstić information content (AvgIpc) is 3.45. The van der Waals surface area contributed by atoms with E-state index in [9.17, 15) is 4.79 Å². The zero-order valence-corrected chi connectivity index (χ0v) is 13.9. The minimum absolute atomic E-state index is 0.0137. The topological polar surface area (TPSA) is 47.6 Å². The summed E-state index contributed by atoms with van der Waals surface area (Å²) < 4.78 is 11.2. The van der Waals surface area contributed by atoms with Crippen molar-refractivity contribution in [2.75, 3.05) is 13.2 Å². The van der Waals surface area contributed by atoms with Gasteiger partial charge in [-0.05, 0) is 43.4 Å². The highest BCUT2D eigenvalue weighted by Crippen LogP contribution is 2.40. The lowest BCUT2D eigenvalue weighted by atomic mass is 10.0. The summed E-state index contributed by atoms with van der Waals surface area (Å²) in [5.74, 6) is 1.68. The van der Waals surface area contributed by atoms with Crippen molar-refractivity contribution in [3.8, 4) is 11.5 Å². The third-order valence-corrected chi connectivity index (χ3v) is 4.08. The molecule has 4 nitrogen and oxygen atoms in total. The summed E-state index contributed by atoms with van der Waals surface area (Å²) >= 11 is 0. The third kappa shape index (κ3) is 4.28. The first-order chi connectivity index (χ1) is 11.8. The second-order valence-corrected chi connectivity index (χ2v) is 5.96. The van der Waals surface area contributed by atoms with Crippen LogP contribution < -0.4 is 14.8 Å². The lowest BCUT2D eigenvalue weighted by Crippen LogP contribution is -2.33. The Morgan fingerprint density at radius 1 is 1.04 bits per heavy atom. The number of carbonyl (C=O) groups excluding carboxylic acids is 1. The van der Waals surface area contributed by atoms with Crippen molar-refractivity contribution in [2.24, 2.45) is 5.92 Å². The van der Waals surface area contributed by atoms with Crippen LogP contribution in [0.15, 0.2) is 54.6 Å². The Hall–Kier alpha value is -2.49. The fraction of sp³-hybridized carbons (Fsp3) is 0.350. The molecule has 1 amide bonds. The molecule has 0 aliphatic heterocycles. The molecule has 4 heteroatoms. The monoisotopic (exact) mass is 325 g/mol. The van der Waals surface area contributed by atoms with Crippen molar-refractivity contribution in [2.45, 2.75) is 25.8 Å². The maximum atomic E-state index is 12.3. The van der Waals surface area contributed by atoms with E-state index in [-0.39, 0.29) is 18.6 Å². The summed E-state index contributed by atoms with van der Waals surface area (Å²) in [6.07, 6.45) is 2.32. The molecule has 1 saturated carbocycles. The molecule has 1 N–H and O–H groups in total. The average molecular weight is 325 g/mol. The van der Waals surface area contributed by atoms with Crippen LogP contribution in [0.2, 0.25) is 0 Å². The Kier molecular flexibility index (Phi) is 5.36. The molecule has 2 aromatic rings. The van der Waals surface area contributed by atoms with Gasteiger partial charge in [-0.3, -0.25) is 4.79 Å². The number of ether oxygens (including phenoxy) is 2. The van der Waals surface area contributed by atoms with Gasteiger partial charge in [-0.15, -0.1) is 0 Å². The molecule has 1 atom stereocenters. The smallest absolute Gasteiger partial charge is 0.258 e. The number of nitrogens with one attached hydrogen (secondary N) is 1. The van der Waals surface area contributed by atoms with E-state index >= 15 is 0 Å². The number of amides is 1. The van der Waals surface area contributed by atoms with Crippen molar-refractivity contribution in [1.29, 1.82) is 0 Å². The molecule has 0 saturated heterocycles. The van der Waals surface area contributed by atoms with Crippen LogP contribution in [0.25, 0.3) is 0 Å². The van der Waals surface area contributed by atoms with E-state index in [0.29, 0.717) is 24.0 Å². The van der Waals surface area contributed by atoms with E-state index in [0.717, 1.165) is 18.4 Å². The number of carbonyl (C=O) groups is 1. The fourth-order valence-electron chi connectivity index (χ4n) is 2.77. The number of hydrogen-bond acceptors (Lipinski definition) is 3. The maximum absolute atomic E-state index is 12.3. The van der Waals surface area contributed by atoms with Crippen LogP contribution in [0.3, 0.4) is 0 Å². The lowest BCUT2D eigenvalue weighted by Gasteiger charge is -2.19. The summed E-state index contributed by atoms with van der Waals surface area (Å²) in [6, 6.07) is 17.6. The zero-order chi connectivity index (χ0) is 16.8. The summed E-state index contributed by atoms with van der Waals surface area (Å²) in [4.78, 5) is 12.3. The largest absolute Gasteiger partial charge is 0.490 e. The zero-order valence-electron chi connectivity index (χ0n) is 13.9. The summed E-state index contributed by atoms with van der Waals surface area (Å²) in [5, 5.41) is 3.11. The standard InChI is InChI=1S/C20H23NO3/c1-2-23-17-10-6-7-11-18(17)24-14-19(22)21-20(16-12-13-16)15-8-4-3-5-9-15/h3-11,16,20H,2,12-14H2,1H3,(H,21,22). The van der Waals surface area contributed by atoms with Gasteiger partial charge >= 0.3 is 0 Å². The Bertz CT molecular complexity index is 668. The van der Waals surface area contributed by atoms with Crippen molar-refractivity contribution < 1.29 is 14.3 Å². The molecule has 2 aromatic carbocycles. The van der Waals surface area contributed by atoms with Gasteiger partial charge in [0.2, 0.25) is 0 Å². The van der Waals surface area contributed by atoms with Gasteiger partial charge in [0.15, 0.2) is 18.1 Å². The highest BCUT2D eigenvalue weighted by atomic mass is 16.5. The number of rotatable bonds is 8. The minimum Gasteiger partial charge on any atom is -0.490 e. The van der Waals surface area contributed by atoms with Gasteiger partial charge in [0.25, 0.3) is 5.91 Å². The van der Waals surface area contributed by atoms with Crippen LogP contribution >= 0.6 is 0 Å². The van der Waals surface area contributed by atoms with E-state index in [2.05, 4.69) is 17.4 Å². The van der Waals surface area contributed by atoms with Crippen molar-refractivity contribution in [1.82, 2.24) is 5.32 Å². The Morgan fingerprint density at radius 2 is 1.67 bits per heavy atom. The second-order valence-electron chi connectivity index (χ2n) is 5.96. The van der Waals surface area contributed by atoms with E-state index < -0.39 is 0 Å². The summed E-state index contributed by atoms with van der Waals surface area (Å²) in [5.41, 5.74) is 1.16. The van der Waals surface area contributed by atoms with Crippen LogP contribution in [-0.2, 0) is 4.79 Å². The molecular weight excluding hydrogens is 302 g/mol. The first-order valence-corrected chi connectivity index (χ1v) is 8.47. The van der Waals surface area contributed by atoms with Crippen molar-refractivity contribution in [3.05, 3.63) is 60.2 Å². The number of hydrogen-bond donors (Lipinski definition) is 1. The van der Waals surface area contributed by atoms with Crippen molar-refractivity contribution in [3.63, 3.8) is 0 Å². The summed E-state index contributed by atoms with van der Waals surface area (Å²) in [7, 11) is 0. The predicted molar refractivity (Wildman–Crippen MR) is 93.2 cm³/mol. The first kappa shape index (κ1) is 16.4. The molecule has 24 heavy (non-hydrogen) atoms. The lowest BCUT2D eigenvalue weighted by molar-refractivity contribution is -0.124. The molecule has 0 spiro atoms. The van der Waals surface area contributed by atoms with Crippen LogP contribution in [-0.4, -0.2) is 19.1 Å². The van der Waals surface area contributed by atoms with Gasteiger partial charge in [0, 0.05) is 0 Å². The van der Waals surface area contributed by atoms with Crippen molar-refractivity contribution >= 4 is 5.91 Å². The molecular formula is C20H23NO3. The predicted octanol–water partition coefficient (Wildman–Crippen LogP) is 3.73. The highest BCUT2D eigenvalue weighted by Gasteiger charge is 2.33. The molecule has 1 fully saturated rings. The van der Waals surface area contributed by atoms with Gasteiger partial charge in [0.1, 0.15) is 0 Å². The Morgan fingerprint density at radius 3 is 2.29 bits per heavy atom. The minimum atomic E-state index is -0.109. The molecule has 3 rings (SSSR count). The molecule has 0 bridgehead atoms. The van der Waals surface area contributed by atoms with Gasteiger partial charge in [-0.2, -0.15) is 0 Å². The SMILES string of the molecule is CCOc1ccccc1OCC(=O)NC(c1ccccc1)C1CC1. The molecule has 0 radical (unpaired) electrons.